The van der Waals surface area contributed by atoms with E-state index in [1.807, 2.05) is 12.1 Å². The first-order valence-electron chi connectivity index (χ1n) is 6.30. The van der Waals surface area contributed by atoms with Gasteiger partial charge in [-0.2, -0.15) is 0 Å². The van der Waals surface area contributed by atoms with E-state index in [2.05, 4.69) is 15.2 Å². The first-order chi connectivity index (χ1) is 8.84. The largest absolute Gasteiger partial charge is 0.379 e. The molecule has 1 saturated heterocycles. The van der Waals surface area contributed by atoms with Crippen LogP contribution < -0.4 is 5.32 Å². The van der Waals surface area contributed by atoms with E-state index in [4.69, 9.17) is 4.74 Å². The average molecular weight is 249 g/mol. The van der Waals surface area contributed by atoms with E-state index in [1.54, 1.807) is 12.4 Å². The Hall–Kier alpha value is -1.46. The average Bonchev–Trinajstić information content (AvgIpc) is 2.45. The number of nitrogens with zero attached hydrogens (tertiary/aromatic N) is 2. The van der Waals surface area contributed by atoms with Crippen LogP contribution in [0.3, 0.4) is 0 Å². The Morgan fingerprint density at radius 1 is 1.33 bits per heavy atom. The third-order valence-corrected chi connectivity index (χ3v) is 3.00. The summed E-state index contributed by atoms with van der Waals surface area (Å²) in [5.41, 5.74) is 1.07. The fourth-order valence-electron chi connectivity index (χ4n) is 1.87. The highest BCUT2D eigenvalue weighted by Gasteiger charge is 2.11. The molecule has 0 atom stereocenters. The lowest BCUT2D eigenvalue weighted by molar-refractivity contribution is -0.121. The number of amides is 1. The van der Waals surface area contributed by atoms with Crippen LogP contribution >= 0.6 is 0 Å². The summed E-state index contributed by atoms with van der Waals surface area (Å²) in [5.74, 6) is 0.0957. The molecule has 98 valence electrons. The number of hydrogen-bond donors (Lipinski definition) is 1. The Bertz CT molecular complexity index is 364. The van der Waals surface area contributed by atoms with E-state index in [9.17, 15) is 4.79 Å². The van der Waals surface area contributed by atoms with Gasteiger partial charge in [0.05, 0.1) is 13.2 Å². The summed E-state index contributed by atoms with van der Waals surface area (Å²) in [6, 6.07) is 3.81. The van der Waals surface area contributed by atoms with Gasteiger partial charge in [0.1, 0.15) is 0 Å². The van der Waals surface area contributed by atoms with Crippen molar-refractivity contribution in [3.63, 3.8) is 0 Å². The first-order valence-corrected chi connectivity index (χ1v) is 6.30. The molecular weight excluding hydrogens is 230 g/mol. The van der Waals surface area contributed by atoms with Gasteiger partial charge in [0, 0.05) is 45.0 Å². The highest BCUT2D eigenvalue weighted by Crippen LogP contribution is 1.99. The predicted molar refractivity (Wildman–Crippen MR) is 68.0 cm³/mol. The fourth-order valence-corrected chi connectivity index (χ4v) is 1.87. The molecule has 1 aromatic heterocycles. The second-order valence-corrected chi connectivity index (χ2v) is 4.34. The number of carbonyl (C=O) groups excluding carboxylic acids is 1. The molecule has 5 heteroatoms. The van der Waals surface area contributed by atoms with Crippen LogP contribution in [0.25, 0.3) is 0 Å². The van der Waals surface area contributed by atoms with Gasteiger partial charge in [-0.25, -0.2) is 0 Å². The summed E-state index contributed by atoms with van der Waals surface area (Å²) in [6.45, 7) is 4.79. The minimum absolute atomic E-state index is 0.0957. The molecule has 5 nitrogen and oxygen atoms in total. The van der Waals surface area contributed by atoms with Crippen molar-refractivity contribution in [1.29, 1.82) is 0 Å². The normalized spacial score (nSPS) is 16.4. The summed E-state index contributed by atoms with van der Waals surface area (Å²) in [5, 5.41) is 2.91. The molecule has 0 unspecified atom stereocenters. The molecule has 1 N–H and O–H groups in total. The molecule has 0 aromatic carbocycles. The molecule has 18 heavy (non-hydrogen) atoms. The minimum Gasteiger partial charge on any atom is -0.379 e. The maximum Gasteiger partial charge on any atom is 0.221 e. The molecule has 2 rings (SSSR count). The molecule has 1 aromatic rings. The van der Waals surface area contributed by atoms with E-state index >= 15 is 0 Å². The molecule has 0 saturated carbocycles. The third-order valence-electron chi connectivity index (χ3n) is 3.00. The van der Waals surface area contributed by atoms with Crippen molar-refractivity contribution in [2.75, 3.05) is 32.8 Å². The lowest BCUT2D eigenvalue weighted by atomic mass is 10.2. The molecule has 2 heterocycles. The summed E-state index contributed by atoms with van der Waals surface area (Å²) >= 11 is 0. The minimum atomic E-state index is 0.0957. The zero-order chi connectivity index (χ0) is 12.6. The van der Waals surface area contributed by atoms with Gasteiger partial charge in [0.15, 0.2) is 0 Å². The van der Waals surface area contributed by atoms with Crippen LogP contribution in [0.1, 0.15) is 12.0 Å². The van der Waals surface area contributed by atoms with Crippen LogP contribution in [0.5, 0.6) is 0 Å². The van der Waals surface area contributed by atoms with Crippen molar-refractivity contribution in [2.24, 2.45) is 0 Å². The topological polar surface area (TPSA) is 54.5 Å². The summed E-state index contributed by atoms with van der Waals surface area (Å²) in [6.07, 6.45) is 4.01. The summed E-state index contributed by atoms with van der Waals surface area (Å²) < 4.78 is 5.26. The molecule has 0 spiro atoms. The molecule has 0 radical (unpaired) electrons. The summed E-state index contributed by atoms with van der Waals surface area (Å²) in [7, 11) is 0. The van der Waals surface area contributed by atoms with Gasteiger partial charge in [0.25, 0.3) is 0 Å². The molecular formula is C13H19N3O2. The smallest absolute Gasteiger partial charge is 0.221 e. The van der Waals surface area contributed by atoms with E-state index in [0.717, 1.165) is 38.4 Å². The van der Waals surface area contributed by atoms with Gasteiger partial charge in [-0.3, -0.25) is 14.7 Å². The van der Waals surface area contributed by atoms with Crippen LogP contribution in [0, 0.1) is 0 Å². The highest BCUT2D eigenvalue weighted by atomic mass is 16.5. The SMILES string of the molecule is O=C(CCN1CCOCC1)NCc1ccncc1. The molecule has 0 aliphatic carbocycles. The van der Waals surface area contributed by atoms with Crippen LogP contribution in [-0.4, -0.2) is 48.6 Å². The van der Waals surface area contributed by atoms with Crippen LogP contribution in [0.15, 0.2) is 24.5 Å². The van der Waals surface area contributed by atoms with Gasteiger partial charge in [-0.1, -0.05) is 0 Å². The van der Waals surface area contributed by atoms with Crippen molar-refractivity contribution in [3.05, 3.63) is 30.1 Å². The Morgan fingerprint density at radius 3 is 2.78 bits per heavy atom. The number of rotatable bonds is 5. The van der Waals surface area contributed by atoms with E-state index < -0.39 is 0 Å². The second-order valence-electron chi connectivity index (χ2n) is 4.34. The van der Waals surface area contributed by atoms with Gasteiger partial charge < -0.3 is 10.1 Å². The van der Waals surface area contributed by atoms with Gasteiger partial charge >= 0.3 is 0 Å². The first kappa shape index (κ1) is 13.0. The number of ether oxygens (including phenoxy) is 1. The number of nitrogens with one attached hydrogen (secondary N) is 1. The number of morpholine rings is 1. The Kier molecular flexibility index (Phi) is 5.11. The van der Waals surface area contributed by atoms with Crippen molar-refractivity contribution < 1.29 is 9.53 Å². The fraction of sp³-hybridized carbons (Fsp3) is 0.538. The van der Waals surface area contributed by atoms with Gasteiger partial charge in [-0.05, 0) is 17.7 Å². The zero-order valence-corrected chi connectivity index (χ0v) is 10.5. The number of pyridine rings is 1. The zero-order valence-electron chi connectivity index (χ0n) is 10.5. The molecule has 1 fully saturated rings. The molecule has 1 amide bonds. The molecule has 1 aliphatic rings. The van der Waals surface area contributed by atoms with Crippen LogP contribution in [0.2, 0.25) is 0 Å². The Morgan fingerprint density at radius 2 is 2.06 bits per heavy atom. The number of carbonyl (C=O) groups is 1. The molecule has 1 aliphatic heterocycles. The Labute approximate surface area is 107 Å². The van der Waals surface area contributed by atoms with E-state index in [0.29, 0.717) is 13.0 Å². The quantitative estimate of drug-likeness (QED) is 0.821. The van der Waals surface area contributed by atoms with Gasteiger partial charge in [0.2, 0.25) is 5.91 Å². The highest BCUT2D eigenvalue weighted by molar-refractivity contribution is 5.76. The van der Waals surface area contributed by atoms with E-state index in [-0.39, 0.29) is 5.91 Å². The van der Waals surface area contributed by atoms with Gasteiger partial charge in [-0.15, -0.1) is 0 Å². The third kappa shape index (κ3) is 4.43. The predicted octanol–water partition coefficient (Wildman–Crippen LogP) is 0.420. The molecule has 0 bridgehead atoms. The number of hydrogen-bond acceptors (Lipinski definition) is 4. The Balaban J connectivity index is 1.63. The number of aromatic nitrogens is 1. The van der Waals surface area contributed by atoms with Crippen molar-refractivity contribution in [3.8, 4) is 0 Å². The van der Waals surface area contributed by atoms with Crippen LogP contribution in [-0.2, 0) is 16.1 Å². The monoisotopic (exact) mass is 249 g/mol. The maximum absolute atomic E-state index is 11.7. The standard InChI is InChI=1S/C13H19N3O2/c17-13(3-6-16-7-9-18-10-8-16)15-11-12-1-4-14-5-2-12/h1-2,4-5H,3,6-11H2,(H,15,17). The van der Waals surface area contributed by atoms with Crippen molar-refractivity contribution >= 4 is 5.91 Å². The maximum atomic E-state index is 11.7. The van der Waals surface area contributed by atoms with Crippen molar-refractivity contribution in [1.82, 2.24) is 15.2 Å². The van der Waals surface area contributed by atoms with Crippen molar-refractivity contribution in [2.45, 2.75) is 13.0 Å². The van der Waals surface area contributed by atoms with Crippen LogP contribution in [0.4, 0.5) is 0 Å². The summed E-state index contributed by atoms with van der Waals surface area (Å²) in [4.78, 5) is 17.9. The lowest BCUT2D eigenvalue weighted by Crippen LogP contribution is -2.38. The van der Waals surface area contributed by atoms with E-state index in [1.165, 1.54) is 0 Å². The second kappa shape index (κ2) is 7.08. The lowest BCUT2D eigenvalue weighted by Gasteiger charge is -2.26.